The highest BCUT2D eigenvalue weighted by molar-refractivity contribution is 7.07. The number of aromatic nitrogens is 1. The fraction of sp³-hybridized carbons (Fsp3) is 0.111. The fourth-order valence-electron chi connectivity index (χ4n) is 4.14. The van der Waals surface area contributed by atoms with Gasteiger partial charge < -0.3 is 14.3 Å². The molecule has 2 aromatic heterocycles. The van der Waals surface area contributed by atoms with Crippen molar-refractivity contribution in [1.82, 2.24) is 4.57 Å². The number of furan rings is 1. The van der Waals surface area contributed by atoms with E-state index in [4.69, 9.17) is 25.9 Å². The molecule has 0 saturated heterocycles. The van der Waals surface area contributed by atoms with Crippen molar-refractivity contribution in [2.45, 2.75) is 13.0 Å². The predicted molar refractivity (Wildman–Crippen MR) is 138 cm³/mol. The Labute approximate surface area is 219 Å². The summed E-state index contributed by atoms with van der Waals surface area (Å²) < 4.78 is 12.8. The van der Waals surface area contributed by atoms with Crippen LogP contribution in [0.5, 0.6) is 0 Å². The third-order valence-electron chi connectivity index (χ3n) is 5.93. The van der Waals surface area contributed by atoms with Crippen LogP contribution in [0, 0.1) is 0 Å². The number of carbonyl (C=O) groups is 2. The summed E-state index contributed by atoms with van der Waals surface area (Å²) in [6.07, 6.45) is 1.62. The lowest BCUT2D eigenvalue weighted by atomic mass is 9.96. The number of halogens is 1. The smallest absolute Gasteiger partial charge is 0.338 e. The number of allylic oxidation sites excluding steroid dienone is 1. The number of esters is 1. The van der Waals surface area contributed by atoms with E-state index in [9.17, 15) is 14.4 Å². The maximum absolute atomic E-state index is 13.6. The van der Waals surface area contributed by atoms with Crippen molar-refractivity contribution in [2.75, 3.05) is 7.11 Å². The van der Waals surface area contributed by atoms with Gasteiger partial charge in [0.1, 0.15) is 11.5 Å². The Balaban J connectivity index is 1.60. The van der Waals surface area contributed by atoms with E-state index in [0.717, 1.165) is 0 Å². The topological polar surface area (TPSA) is 111 Å². The second kappa shape index (κ2) is 9.68. The maximum Gasteiger partial charge on any atom is 0.338 e. The number of carbonyl (C=O) groups excluding carboxylic acids is 1. The first-order valence-corrected chi connectivity index (χ1v) is 12.3. The van der Waals surface area contributed by atoms with Gasteiger partial charge in [0, 0.05) is 16.7 Å². The van der Waals surface area contributed by atoms with Crippen LogP contribution in [-0.2, 0) is 9.53 Å². The minimum absolute atomic E-state index is 0.175. The zero-order chi connectivity index (χ0) is 26.3. The molecule has 0 saturated carbocycles. The molecule has 10 heteroatoms. The summed E-state index contributed by atoms with van der Waals surface area (Å²) in [5.41, 5.74) is 1.97. The van der Waals surface area contributed by atoms with Gasteiger partial charge in [0.15, 0.2) is 4.80 Å². The largest absolute Gasteiger partial charge is 0.478 e. The molecule has 3 heterocycles. The molecule has 186 valence electrons. The number of hydrogen-bond donors (Lipinski definition) is 1. The molecule has 37 heavy (non-hydrogen) atoms. The zero-order valence-electron chi connectivity index (χ0n) is 19.6. The molecule has 1 N–H and O–H groups in total. The Morgan fingerprint density at radius 1 is 1.11 bits per heavy atom. The molecule has 0 radical (unpaired) electrons. The quantitative estimate of drug-likeness (QED) is 0.387. The van der Waals surface area contributed by atoms with Crippen molar-refractivity contribution in [3.63, 3.8) is 0 Å². The summed E-state index contributed by atoms with van der Waals surface area (Å²) in [4.78, 5) is 42.4. The van der Waals surface area contributed by atoms with Crippen LogP contribution in [0.2, 0.25) is 5.02 Å². The summed E-state index contributed by atoms with van der Waals surface area (Å²) in [6, 6.07) is 16.0. The highest BCUT2D eigenvalue weighted by Crippen LogP contribution is 2.31. The number of thiazole rings is 1. The first-order valence-electron chi connectivity index (χ1n) is 11.1. The second-order valence-corrected chi connectivity index (χ2v) is 9.65. The van der Waals surface area contributed by atoms with Gasteiger partial charge in [-0.2, -0.15) is 0 Å². The summed E-state index contributed by atoms with van der Waals surface area (Å²) in [6.45, 7) is 1.71. The zero-order valence-corrected chi connectivity index (χ0v) is 21.2. The lowest BCUT2D eigenvalue weighted by molar-refractivity contribution is -0.136. The van der Waals surface area contributed by atoms with Gasteiger partial charge in [0.2, 0.25) is 0 Å². The molecule has 0 fully saturated rings. The van der Waals surface area contributed by atoms with Gasteiger partial charge in [-0.05, 0) is 48.9 Å². The molecule has 5 rings (SSSR count). The number of rotatable bonds is 5. The molecular formula is C27H19ClN2O6S. The van der Waals surface area contributed by atoms with Crippen LogP contribution in [0.1, 0.15) is 34.6 Å². The van der Waals surface area contributed by atoms with Crippen molar-refractivity contribution >= 4 is 41.0 Å². The number of carboxylic acids is 1. The van der Waals surface area contributed by atoms with Crippen LogP contribution in [-0.4, -0.2) is 28.7 Å². The van der Waals surface area contributed by atoms with E-state index in [-0.39, 0.29) is 16.7 Å². The molecule has 0 bridgehead atoms. The molecular weight excluding hydrogens is 516 g/mol. The standard InChI is InChI=1S/C27H19ClN2O6S/c1-14-22(26(34)35-2)23(16-7-9-18(28)10-8-16)30-24(31)21(37-27(30)29-14)13-19-11-12-20(36-19)15-3-5-17(6-4-15)25(32)33/h3-13,23H,1-2H3,(H,32,33)/b21-13-/t23-/m1/s1. The summed E-state index contributed by atoms with van der Waals surface area (Å²) in [5, 5.41) is 9.62. The summed E-state index contributed by atoms with van der Waals surface area (Å²) in [5.74, 6) is -0.613. The van der Waals surface area contributed by atoms with Crippen LogP contribution < -0.4 is 14.9 Å². The van der Waals surface area contributed by atoms with Crippen LogP contribution >= 0.6 is 22.9 Å². The third kappa shape index (κ3) is 4.54. The molecule has 0 unspecified atom stereocenters. The molecule has 1 aliphatic rings. The first-order chi connectivity index (χ1) is 17.8. The van der Waals surface area contributed by atoms with Crippen molar-refractivity contribution in [3.05, 3.63) is 114 Å². The van der Waals surface area contributed by atoms with Gasteiger partial charge in [-0.15, -0.1) is 0 Å². The number of carboxylic acid groups (broad SMARTS) is 1. The molecule has 1 aliphatic heterocycles. The Hall–Kier alpha value is -4.21. The third-order valence-corrected chi connectivity index (χ3v) is 7.16. The Morgan fingerprint density at radius 2 is 1.81 bits per heavy atom. The average molecular weight is 535 g/mol. The first kappa shape index (κ1) is 24.5. The van der Waals surface area contributed by atoms with Gasteiger partial charge in [0.25, 0.3) is 5.56 Å². The molecule has 0 aliphatic carbocycles. The van der Waals surface area contributed by atoms with Crippen LogP contribution in [0.3, 0.4) is 0 Å². The average Bonchev–Trinajstić information content (AvgIpc) is 3.48. The SMILES string of the molecule is COC(=O)C1=C(C)N=c2s/c(=C\c3ccc(-c4ccc(C(=O)O)cc4)o3)c(=O)n2[C@@H]1c1ccc(Cl)cc1. The van der Waals surface area contributed by atoms with Gasteiger partial charge in [-0.1, -0.05) is 47.2 Å². The van der Waals surface area contributed by atoms with E-state index in [0.29, 0.717) is 42.7 Å². The molecule has 1 atom stereocenters. The maximum atomic E-state index is 13.6. The van der Waals surface area contributed by atoms with Crippen LogP contribution in [0.15, 0.2) is 86.1 Å². The lowest BCUT2D eigenvalue weighted by Crippen LogP contribution is -2.39. The van der Waals surface area contributed by atoms with Gasteiger partial charge in [-0.3, -0.25) is 9.36 Å². The van der Waals surface area contributed by atoms with Crippen molar-refractivity contribution < 1.29 is 23.8 Å². The second-order valence-electron chi connectivity index (χ2n) is 8.21. The van der Waals surface area contributed by atoms with E-state index < -0.39 is 18.0 Å². The number of hydrogen-bond acceptors (Lipinski definition) is 7. The van der Waals surface area contributed by atoms with Crippen LogP contribution in [0.25, 0.3) is 17.4 Å². The number of ether oxygens (including phenoxy) is 1. The number of benzene rings is 2. The fourth-order valence-corrected chi connectivity index (χ4v) is 5.30. The lowest BCUT2D eigenvalue weighted by Gasteiger charge is -2.24. The molecule has 8 nitrogen and oxygen atoms in total. The van der Waals surface area contributed by atoms with Gasteiger partial charge >= 0.3 is 11.9 Å². The monoisotopic (exact) mass is 534 g/mol. The molecule has 0 amide bonds. The Bertz CT molecular complexity index is 1740. The van der Waals surface area contributed by atoms with Crippen LogP contribution in [0.4, 0.5) is 0 Å². The van der Waals surface area contributed by atoms with E-state index in [1.807, 2.05) is 0 Å². The minimum atomic E-state index is -1.01. The minimum Gasteiger partial charge on any atom is -0.478 e. The highest BCUT2D eigenvalue weighted by atomic mass is 35.5. The van der Waals surface area contributed by atoms with Gasteiger partial charge in [0.05, 0.1) is 34.5 Å². The summed E-state index contributed by atoms with van der Waals surface area (Å²) in [7, 11) is 1.29. The Kier molecular flexibility index (Phi) is 6.41. The van der Waals surface area contributed by atoms with E-state index in [1.165, 1.54) is 35.1 Å². The predicted octanol–water partition coefficient (Wildman–Crippen LogP) is 4.02. The summed E-state index contributed by atoms with van der Waals surface area (Å²) >= 11 is 7.25. The van der Waals surface area contributed by atoms with Gasteiger partial charge in [-0.25, -0.2) is 14.6 Å². The highest BCUT2D eigenvalue weighted by Gasteiger charge is 2.33. The van der Waals surface area contributed by atoms with E-state index >= 15 is 0 Å². The number of fused-ring (bicyclic) bond motifs is 1. The molecule has 0 spiro atoms. The number of nitrogens with zero attached hydrogens (tertiary/aromatic N) is 2. The number of methoxy groups -OCH3 is 1. The van der Waals surface area contributed by atoms with Crippen molar-refractivity contribution in [1.29, 1.82) is 0 Å². The van der Waals surface area contributed by atoms with E-state index in [2.05, 4.69) is 4.99 Å². The van der Waals surface area contributed by atoms with E-state index in [1.54, 1.807) is 61.5 Å². The van der Waals surface area contributed by atoms with Crippen molar-refractivity contribution in [2.24, 2.45) is 4.99 Å². The Morgan fingerprint density at radius 3 is 2.46 bits per heavy atom. The molecule has 2 aromatic carbocycles. The number of aromatic carboxylic acids is 1. The van der Waals surface area contributed by atoms with Crippen molar-refractivity contribution in [3.8, 4) is 11.3 Å². The molecule has 4 aromatic rings. The normalized spacial score (nSPS) is 15.3.